The lowest BCUT2D eigenvalue weighted by Gasteiger charge is -2.29. The molecule has 1 aliphatic heterocycles. The topological polar surface area (TPSA) is 9.23 Å². The summed E-state index contributed by atoms with van der Waals surface area (Å²) < 4.78 is 6.11. The molecular formula is C19H24OSi. The van der Waals surface area contributed by atoms with E-state index in [9.17, 15) is 0 Å². The van der Waals surface area contributed by atoms with E-state index < -0.39 is 8.07 Å². The summed E-state index contributed by atoms with van der Waals surface area (Å²) in [5.41, 5.74) is 1.44. The van der Waals surface area contributed by atoms with Crippen LogP contribution in [0.4, 0.5) is 0 Å². The third-order valence-electron chi connectivity index (χ3n) is 4.70. The molecule has 1 nitrogen and oxygen atoms in total. The average molecular weight is 296 g/mol. The second-order valence-corrected chi connectivity index (χ2v) is 11.4. The predicted molar refractivity (Wildman–Crippen MR) is 91.9 cm³/mol. The molecular weight excluding hydrogens is 272 g/mol. The molecule has 1 aliphatic rings. The first-order chi connectivity index (χ1) is 10.2. The molecule has 2 aromatic carbocycles. The summed E-state index contributed by atoms with van der Waals surface area (Å²) in [6.45, 7) is 5.83. The van der Waals surface area contributed by atoms with Crippen LogP contribution in [0, 0.1) is 0 Å². The number of hydrogen-bond donors (Lipinski definition) is 0. The molecule has 2 unspecified atom stereocenters. The van der Waals surface area contributed by atoms with Crippen LogP contribution in [0.3, 0.4) is 0 Å². The predicted octanol–water partition coefficient (Wildman–Crippen LogP) is 4.17. The summed E-state index contributed by atoms with van der Waals surface area (Å²) in [6, 6.07) is 23.1. The lowest BCUT2D eigenvalue weighted by atomic mass is 9.93. The Hall–Kier alpha value is -1.38. The van der Waals surface area contributed by atoms with Crippen molar-refractivity contribution < 1.29 is 4.74 Å². The molecule has 2 heteroatoms. The first-order valence-electron chi connectivity index (χ1n) is 7.89. The third-order valence-corrected chi connectivity index (χ3v) is 8.02. The minimum atomic E-state index is -1.44. The summed E-state index contributed by atoms with van der Waals surface area (Å²) in [4.78, 5) is 0. The van der Waals surface area contributed by atoms with Gasteiger partial charge in [-0.25, -0.2) is 0 Å². The van der Waals surface area contributed by atoms with Crippen molar-refractivity contribution in [3.05, 3.63) is 66.2 Å². The maximum atomic E-state index is 6.11. The van der Waals surface area contributed by atoms with Gasteiger partial charge in [0.25, 0.3) is 0 Å². The summed E-state index contributed by atoms with van der Waals surface area (Å²) in [5.74, 6) is 0.571. The van der Waals surface area contributed by atoms with Gasteiger partial charge < -0.3 is 4.74 Å². The molecule has 21 heavy (non-hydrogen) atoms. The molecule has 0 aliphatic carbocycles. The van der Waals surface area contributed by atoms with Crippen LogP contribution in [0.5, 0.6) is 0 Å². The summed E-state index contributed by atoms with van der Waals surface area (Å²) in [6.07, 6.45) is 1.54. The highest BCUT2D eigenvalue weighted by molar-refractivity contribution is 6.89. The van der Waals surface area contributed by atoms with Crippen LogP contribution in [0.1, 0.15) is 17.9 Å². The quantitative estimate of drug-likeness (QED) is 0.769. The Morgan fingerprint density at radius 3 is 2.24 bits per heavy atom. The van der Waals surface area contributed by atoms with Crippen LogP contribution in [-0.4, -0.2) is 20.8 Å². The van der Waals surface area contributed by atoms with E-state index in [1.54, 1.807) is 0 Å². The number of rotatable bonds is 4. The number of ether oxygens (including phenoxy) is 1. The van der Waals surface area contributed by atoms with Gasteiger partial charge >= 0.3 is 0 Å². The van der Waals surface area contributed by atoms with E-state index in [4.69, 9.17) is 4.74 Å². The zero-order chi connectivity index (χ0) is 14.7. The van der Waals surface area contributed by atoms with Crippen molar-refractivity contribution in [1.29, 1.82) is 0 Å². The molecule has 0 spiro atoms. The lowest BCUT2D eigenvalue weighted by molar-refractivity contribution is 0.117. The second kappa shape index (κ2) is 6.16. The van der Waals surface area contributed by atoms with E-state index >= 15 is 0 Å². The zero-order valence-corrected chi connectivity index (χ0v) is 14.0. The van der Waals surface area contributed by atoms with Gasteiger partial charge in [-0.2, -0.15) is 0 Å². The maximum Gasteiger partial charge on any atom is 0.0831 e. The molecule has 0 bridgehead atoms. The molecule has 0 radical (unpaired) electrons. The smallest absolute Gasteiger partial charge is 0.0831 e. The van der Waals surface area contributed by atoms with Crippen LogP contribution < -0.4 is 5.19 Å². The molecule has 110 valence electrons. The van der Waals surface area contributed by atoms with Gasteiger partial charge in [-0.15, -0.1) is 0 Å². The van der Waals surface area contributed by atoms with Gasteiger partial charge in [0.2, 0.25) is 0 Å². The summed E-state index contributed by atoms with van der Waals surface area (Å²) in [7, 11) is -1.44. The molecule has 0 aromatic heterocycles. The highest BCUT2D eigenvalue weighted by Crippen LogP contribution is 2.35. The first kappa shape index (κ1) is 14.5. The Morgan fingerprint density at radius 1 is 0.952 bits per heavy atom. The van der Waals surface area contributed by atoms with E-state index in [1.807, 2.05) is 0 Å². The molecule has 1 fully saturated rings. The number of hydrogen-bond acceptors (Lipinski definition) is 1. The summed E-state index contributed by atoms with van der Waals surface area (Å²) in [5, 5.41) is 1.53. The average Bonchev–Trinajstić information content (AvgIpc) is 2.96. The molecule has 0 saturated carbocycles. The van der Waals surface area contributed by atoms with Crippen molar-refractivity contribution in [3.63, 3.8) is 0 Å². The van der Waals surface area contributed by atoms with Crippen LogP contribution in [-0.2, 0) is 4.74 Å². The van der Waals surface area contributed by atoms with Crippen molar-refractivity contribution in [2.75, 3.05) is 6.61 Å². The van der Waals surface area contributed by atoms with E-state index in [2.05, 4.69) is 73.8 Å². The molecule has 0 N–H and O–H groups in total. The summed E-state index contributed by atoms with van der Waals surface area (Å²) >= 11 is 0. The third kappa shape index (κ3) is 3.28. The van der Waals surface area contributed by atoms with Crippen LogP contribution in [0.25, 0.3) is 0 Å². The molecule has 2 atom stereocenters. The fraction of sp³-hybridized carbons (Fsp3) is 0.368. The van der Waals surface area contributed by atoms with Gasteiger partial charge in [0, 0.05) is 12.5 Å². The van der Waals surface area contributed by atoms with Gasteiger partial charge in [-0.05, 0) is 18.0 Å². The molecule has 2 aromatic rings. The van der Waals surface area contributed by atoms with Crippen molar-refractivity contribution >= 4 is 13.3 Å². The van der Waals surface area contributed by atoms with Gasteiger partial charge in [0.15, 0.2) is 0 Å². The lowest BCUT2D eigenvalue weighted by Crippen LogP contribution is -2.44. The Kier molecular flexibility index (Phi) is 4.27. The Bertz CT molecular complexity index is 565. The Labute approximate surface area is 129 Å². The van der Waals surface area contributed by atoms with Crippen LogP contribution in [0.2, 0.25) is 19.1 Å². The largest absolute Gasteiger partial charge is 0.378 e. The Balaban J connectivity index is 1.77. The second-order valence-electron chi connectivity index (χ2n) is 6.67. The van der Waals surface area contributed by atoms with Gasteiger partial charge in [0.05, 0.1) is 14.2 Å². The van der Waals surface area contributed by atoms with Crippen molar-refractivity contribution in [2.45, 2.75) is 37.6 Å². The molecule has 1 heterocycles. The van der Waals surface area contributed by atoms with E-state index in [0.717, 1.165) is 13.0 Å². The minimum Gasteiger partial charge on any atom is -0.378 e. The van der Waals surface area contributed by atoms with Crippen molar-refractivity contribution in [1.82, 2.24) is 0 Å². The van der Waals surface area contributed by atoms with Gasteiger partial charge in [0.1, 0.15) is 0 Å². The highest BCUT2D eigenvalue weighted by atomic mass is 28.3. The van der Waals surface area contributed by atoms with Crippen LogP contribution in [0.15, 0.2) is 60.7 Å². The zero-order valence-electron chi connectivity index (χ0n) is 13.0. The standard InChI is InChI=1S/C19H24OSi/c1-21(2,17-11-7-4-8-12-17)15-19-18(13-14-20-19)16-9-5-3-6-10-16/h3-12,18-19H,13-15H2,1-2H3. The van der Waals surface area contributed by atoms with Gasteiger partial charge in [-0.3, -0.25) is 0 Å². The SMILES string of the molecule is C[Si](C)(CC1OCCC1c1ccccc1)c1ccccc1. The fourth-order valence-electron chi connectivity index (χ4n) is 3.44. The molecule has 3 rings (SSSR count). The first-order valence-corrected chi connectivity index (χ1v) is 11.1. The highest BCUT2D eigenvalue weighted by Gasteiger charge is 2.36. The Morgan fingerprint density at radius 2 is 1.57 bits per heavy atom. The van der Waals surface area contributed by atoms with E-state index in [0.29, 0.717) is 12.0 Å². The van der Waals surface area contributed by atoms with Crippen molar-refractivity contribution in [3.8, 4) is 0 Å². The van der Waals surface area contributed by atoms with Crippen molar-refractivity contribution in [2.24, 2.45) is 0 Å². The number of benzene rings is 2. The normalized spacial score (nSPS) is 22.4. The van der Waals surface area contributed by atoms with Gasteiger partial charge in [-0.1, -0.05) is 78.9 Å². The monoisotopic (exact) mass is 296 g/mol. The van der Waals surface area contributed by atoms with E-state index in [1.165, 1.54) is 16.8 Å². The molecule has 1 saturated heterocycles. The van der Waals surface area contributed by atoms with Crippen LogP contribution >= 0.6 is 0 Å². The maximum absolute atomic E-state index is 6.11. The fourth-order valence-corrected chi connectivity index (χ4v) is 6.18. The van der Waals surface area contributed by atoms with E-state index in [-0.39, 0.29) is 0 Å². The minimum absolute atomic E-state index is 0.384. The molecule has 0 amide bonds.